The van der Waals surface area contributed by atoms with E-state index in [4.69, 9.17) is 11.6 Å². The van der Waals surface area contributed by atoms with Gasteiger partial charge in [0.05, 0.1) is 10.7 Å². The number of hydrogen-bond donors (Lipinski definition) is 1. The molecule has 110 valence electrons. The van der Waals surface area contributed by atoms with E-state index in [9.17, 15) is 9.90 Å². The molecule has 0 spiro atoms. The monoisotopic (exact) mass is 321 g/mol. The van der Waals surface area contributed by atoms with Crippen molar-refractivity contribution in [3.8, 4) is 10.6 Å². The number of halogens is 1. The average Bonchev–Trinajstić information content (AvgIpc) is 2.94. The topological polar surface area (TPSA) is 50.2 Å². The predicted octanol–water partition coefficient (Wildman–Crippen LogP) is 5.21. The van der Waals surface area contributed by atoms with Crippen LogP contribution < -0.4 is 0 Å². The van der Waals surface area contributed by atoms with Crippen molar-refractivity contribution in [2.24, 2.45) is 0 Å². The molecule has 0 atom stereocenters. The summed E-state index contributed by atoms with van der Waals surface area (Å²) in [5, 5.41) is 10.8. The third kappa shape index (κ3) is 2.97. The van der Waals surface area contributed by atoms with Crippen molar-refractivity contribution in [2.75, 3.05) is 0 Å². The highest BCUT2D eigenvalue weighted by molar-refractivity contribution is 7.17. The van der Waals surface area contributed by atoms with Gasteiger partial charge in [-0.3, -0.25) is 0 Å². The second kappa shape index (κ2) is 6.16. The minimum absolute atomic E-state index is 0.275. The van der Waals surface area contributed by atoms with Gasteiger partial charge < -0.3 is 5.11 Å². The van der Waals surface area contributed by atoms with E-state index in [2.05, 4.69) is 4.98 Å². The Balaban J connectivity index is 2.04. The molecule has 1 fully saturated rings. The zero-order chi connectivity index (χ0) is 14.8. The van der Waals surface area contributed by atoms with Gasteiger partial charge in [-0.05, 0) is 18.9 Å². The largest absolute Gasteiger partial charge is 0.477 e. The molecule has 1 aliphatic rings. The molecule has 1 saturated carbocycles. The molecule has 0 aliphatic heterocycles. The van der Waals surface area contributed by atoms with E-state index in [1.165, 1.54) is 17.8 Å². The molecule has 1 N–H and O–H groups in total. The van der Waals surface area contributed by atoms with Gasteiger partial charge in [-0.25, -0.2) is 9.78 Å². The normalized spacial score (nSPS) is 16.0. The summed E-state index contributed by atoms with van der Waals surface area (Å²) in [5.41, 5.74) is 1.57. The second-order valence-corrected chi connectivity index (χ2v) is 6.76. The fraction of sp³-hybridized carbons (Fsp3) is 0.375. The van der Waals surface area contributed by atoms with Crippen molar-refractivity contribution in [3.63, 3.8) is 0 Å². The van der Waals surface area contributed by atoms with Gasteiger partial charge in [0.15, 0.2) is 0 Å². The smallest absolute Gasteiger partial charge is 0.347 e. The van der Waals surface area contributed by atoms with Crippen LogP contribution in [-0.2, 0) is 0 Å². The lowest BCUT2D eigenvalue weighted by molar-refractivity contribution is 0.0700. The molecular formula is C16H16ClNO2S. The van der Waals surface area contributed by atoms with Crippen LogP contribution in [0.1, 0.15) is 53.4 Å². The first-order valence-corrected chi connectivity index (χ1v) is 8.35. The molecule has 1 aromatic heterocycles. The van der Waals surface area contributed by atoms with Crippen LogP contribution in [0.4, 0.5) is 0 Å². The summed E-state index contributed by atoms with van der Waals surface area (Å²) in [6.07, 6.45) is 5.61. The Hall–Kier alpha value is -1.39. The lowest BCUT2D eigenvalue weighted by atomic mass is 9.86. The fourth-order valence-electron chi connectivity index (χ4n) is 2.89. The Kier molecular flexibility index (Phi) is 4.27. The molecule has 0 bridgehead atoms. The van der Waals surface area contributed by atoms with Crippen LogP contribution in [0.15, 0.2) is 24.3 Å². The van der Waals surface area contributed by atoms with E-state index in [-0.39, 0.29) is 5.92 Å². The number of hydrogen-bond acceptors (Lipinski definition) is 3. The Morgan fingerprint density at radius 2 is 1.95 bits per heavy atom. The minimum atomic E-state index is -0.883. The van der Waals surface area contributed by atoms with Gasteiger partial charge in [0.1, 0.15) is 9.88 Å². The third-order valence-electron chi connectivity index (χ3n) is 3.94. The second-order valence-electron chi connectivity index (χ2n) is 5.35. The molecule has 5 heteroatoms. The van der Waals surface area contributed by atoms with Crippen LogP contribution in [0.25, 0.3) is 10.6 Å². The Morgan fingerprint density at radius 1 is 1.24 bits per heavy atom. The van der Waals surface area contributed by atoms with Crippen LogP contribution >= 0.6 is 22.9 Å². The molecule has 1 aliphatic carbocycles. The summed E-state index contributed by atoms with van der Waals surface area (Å²) in [4.78, 5) is 16.5. The number of thiazole rings is 1. The number of rotatable bonds is 3. The first kappa shape index (κ1) is 14.5. The standard InChI is InChI=1S/C16H16ClNO2S/c17-12-9-5-4-8-11(12)15-18-13(14(21-15)16(19)20)10-6-2-1-3-7-10/h4-5,8-10H,1-3,6-7H2,(H,19,20). The van der Waals surface area contributed by atoms with Crippen molar-refractivity contribution in [2.45, 2.75) is 38.0 Å². The van der Waals surface area contributed by atoms with Crippen molar-refractivity contribution in [1.29, 1.82) is 0 Å². The maximum absolute atomic E-state index is 11.5. The average molecular weight is 322 g/mol. The zero-order valence-electron chi connectivity index (χ0n) is 11.5. The molecule has 0 saturated heterocycles. The molecule has 1 heterocycles. The third-order valence-corrected chi connectivity index (χ3v) is 5.37. The molecule has 1 aromatic carbocycles. The van der Waals surface area contributed by atoms with E-state index >= 15 is 0 Å². The Bertz CT molecular complexity index is 662. The number of aromatic carboxylic acids is 1. The molecule has 0 radical (unpaired) electrons. The molecule has 0 unspecified atom stereocenters. The van der Waals surface area contributed by atoms with Crippen molar-refractivity contribution in [1.82, 2.24) is 4.98 Å². The van der Waals surface area contributed by atoms with Crippen LogP contribution in [0.5, 0.6) is 0 Å². The summed E-state index contributed by atoms with van der Waals surface area (Å²) in [6, 6.07) is 7.44. The van der Waals surface area contributed by atoms with E-state index in [0.717, 1.165) is 36.9 Å². The zero-order valence-corrected chi connectivity index (χ0v) is 13.1. The first-order valence-electron chi connectivity index (χ1n) is 7.15. The van der Waals surface area contributed by atoms with Gasteiger partial charge in [0.2, 0.25) is 0 Å². The summed E-state index contributed by atoms with van der Waals surface area (Å²) in [6.45, 7) is 0. The Morgan fingerprint density at radius 3 is 2.62 bits per heavy atom. The van der Waals surface area contributed by atoms with Gasteiger partial charge in [0, 0.05) is 11.5 Å². The molecule has 0 amide bonds. The first-order chi connectivity index (χ1) is 10.2. The van der Waals surface area contributed by atoms with E-state index in [0.29, 0.717) is 14.9 Å². The summed E-state index contributed by atoms with van der Waals surface area (Å²) >= 11 is 7.44. The van der Waals surface area contributed by atoms with E-state index in [1.807, 2.05) is 18.2 Å². The maximum Gasteiger partial charge on any atom is 0.347 e. The van der Waals surface area contributed by atoms with Gasteiger partial charge >= 0.3 is 5.97 Å². The number of carboxylic acids is 1. The number of nitrogens with zero attached hydrogens (tertiary/aromatic N) is 1. The predicted molar refractivity (Wildman–Crippen MR) is 85.3 cm³/mol. The lowest BCUT2D eigenvalue weighted by Crippen LogP contribution is -2.09. The fourth-order valence-corrected chi connectivity index (χ4v) is 4.20. The molecular weight excluding hydrogens is 306 g/mol. The quantitative estimate of drug-likeness (QED) is 0.844. The highest BCUT2D eigenvalue weighted by Gasteiger charge is 2.26. The van der Waals surface area contributed by atoms with Gasteiger partial charge in [-0.1, -0.05) is 49.1 Å². The lowest BCUT2D eigenvalue weighted by Gasteiger charge is -2.20. The van der Waals surface area contributed by atoms with Crippen molar-refractivity contribution >= 4 is 28.9 Å². The summed E-state index contributed by atoms with van der Waals surface area (Å²) in [7, 11) is 0. The number of carbonyl (C=O) groups is 1. The molecule has 21 heavy (non-hydrogen) atoms. The van der Waals surface area contributed by atoms with Crippen molar-refractivity contribution < 1.29 is 9.90 Å². The SMILES string of the molecule is O=C(O)c1sc(-c2ccccc2Cl)nc1C1CCCCC1. The molecule has 2 aromatic rings. The minimum Gasteiger partial charge on any atom is -0.477 e. The van der Waals surface area contributed by atoms with E-state index in [1.54, 1.807) is 6.07 Å². The van der Waals surface area contributed by atoms with Gasteiger partial charge in [0.25, 0.3) is 0 Å². The summed E-state index contributed by atoms with van der Waals surface area (Å²) < 4.78 is 0. The van der Waals surface area contributed by atoms with Crippen LogP contribution in [-0.4, -0.2) is 16.1 Å². The molecule has 3 rings (SSSR count). The Labute approximate surface area is 132 Å². The van der Waals surface area contributed by atoms with Crippen LogP contribution in [0, 0.1) is 0 Å². The van der Waals surface area contributed by atoms with E-state index < -0.39 is 5.97 Å². The summed E-state index contributed by atoms with van der Waals surface area (Å²) in [5.74, 6) is -0.608. The van der Waals surface area contributed by atoms with Gasteiger partial charge in [-0.15, -0.1) is 11.3 Å². The van der Waals surface area contributed by atoms with Crippen LogP contribution in [0.2, 0.25) is 5.02 Å². The van der Waals surface area contributed by atoms with Crippen LogP contribution in [0.3, 0.4) is 0 Å². The number of benzene rings is 1. The highest BCUT2D eigenvalue weighted by Crippen LogP contribution is 2.39. The van der Waals surface area contributed by atoms with Crippen molar-refractivity contribution in [3.05, 3.63) is 39.9 Å². The highest BCUT2D eigenvalue weighted by atomic mass is 35.5. The maximum atomic E-state index is 11.5. The molecule has 3 nitrogen and oxygen atoms in total. The van der Waals surface area contributed by atoms with Gasteiger partial charge in [-0.2, -0.15) is 0 Å². The number of carboxylic acid groups (broad SMARTS) is 1. The number of aromatic nitrogens is 1.